The Kier molecular flexibility index (Phi) is 5.55. The number of nitrogens with one attached hydrogen (secondary N) is 1. The Hall–Kier alpha value is -1.65. The van der Waals surface area contributed by atoms with Gasteiger partial charge in [-0.2, -0.15) is 0 Å². The maximum absolute atomic E-state index is 11.1. The minimum Gasteiger partial charge on any atom is -0.480 e. The molecule has 1 aromatic rings. The SMILES string of the molecule is CCCCC(Nc1cc(C(C)C)ncn1)C(=O)O. The van der Waals surface area contributed by atoms with E-state index in [2.05, 4.69) is 15.3 Å². The number of nitrogens with zero attached hydrogens (tertiary/aromatic N) is 2. The van der Waals surface area contributed by atoms with Crippen molar-refractivity contribution in [2.45, 2.75) is 52.0 Å². The second kappa shape index (κ2) is 6.93. The molecular weight excluding hydrogens is 230 g/mol. The predicted molar refractivity (Wildman–Crippen MR) is 70.7 cm³/mol. The Morgan fingerprint density at radius 2 is 2.17 bits per heavy atom. The molecular formula is C13H21N3O2. The number of anilines is 1. The minimum absolute atomic E-state index is 0.299. The quantitative estimate of drug-likeness (QED) is 0.779. The lowest BCUT2D eigenvalue weighted by Crippen LogP contribution is -2.29. The molecule has 0 spiro atoms. The van der Waals surface area contributed by atoms with E-state index in [9.17, 15) is 4.79 Å². The van der Waals surface area contributed by atoms with Gasteiger partial charge in [0, 0.05) is 11.8 Å². The normalized spacial score (nSPS) is 12.4. The highest BCUT2D eigenvalue weighted by Crippen LogP contribution is 2.15. The smallest absolute Gasteiger partial charge is 0.326 e. The van der Waals surface area contributed by atoms with Gasteiger partial charge in [0.2, 0.25) is 0 Å². The zero-order valence-corrected chi connectivity index (χ0v) is 11.2. The summed E-state index contributed by atoms with van der Waals surface area (Å²) in [5.41, 5.74) is 0.909. The third kappa shape index (κ3) is 4.31. The standard InChI is InChI=1S/C13H21N3O2/c1-4-5-6-10(13(17)18)16-12-7-11(9(2)3)14-8-15-12/h7-10H,4-6H2,1-3H3,(H,17,18)(H,14,15,16). The first-order valence-electron chi connectivity index (χ1n) is 6.35. The van der Waals surface area contributed by atoms with Gasteiger partial charge in [0.05, 0.1) is 0 Å². The van der Waals surface area contributed by atoms with Crippen LogP contribution in [0.1, 0.15) is 51.6 Å². The summed E-state index contributed by atoms with van der Waals surface area (Å²) in [6.45, 7) is 6.12. The number of unbranched alkanes of at least 4 members (excludes halogenated alkanes) is 1. The largest absolute Gasteiger partial charge is 0.480 e. The molecule has 0 saturated carbocycles. The zero-order chi connectivity index (χ0) is 13.5. The number of hydrogen-bond donors (Lipinski definition) is 2. The van der Waals surface area contributed by atoms with Gasteiger partial charge >= 0.3 is 5.97 Å². The molecule has 0 aliphatic rings. The second-order valence-corrected chi connectivity index (χ2v) is 4.66. The van der Waals surface area contributed by atoms with Crippen LogP contribution in [0.25, 0.3) is 0 Å². The van der Waals surface area contributed by atoms with Crippen LogP contribution in [-0.2, 0) is 4.79 Å². The predicted octanol–water partition coefficient (Wildman–Crippen LogP) is 2.66. The molecule has 2 N–H and O–H groups in total. The van der Waals surface area contributed by atoms with Crippen molar-refractivity contribution in [3.05, 3.63) is 18.1 Å². The van der Waals surface area contributed by atoms with Gasteiger partial charge < -0.3 is 10.4 Å². The third-order valence-corrected chi connectivity index (χ3v) is 2.75. The van der Waals surface area contributed by atoms with Gasteiger partial charge in [0.1, 0.15) is 18.2 Å². The molecule has 100 valence electrons. The Labute approximate surface area is 108 Å². The molecule has 0 radical (unpaired) electrons. The number of hydrogen-bond acceptors (Lipinski definition) is 4. The Morgan fingerprint density at radius 1 is 1.44 bits per heavy atom. The first-order chi connectivity index (χ1) is 8.54. The van der Waals surface area contributed by atoms with E-state index in [1.165, 1.54) is 6.33 Å². The maximum atomic E-state index is 11.1. The zero-order valence-electron chi connectivity index (χ0n) is 11.2. The van der Waals surface area contributed by atoms with Crippen LogP contribution in [0, 0.1) is 0 Å². The molecule has 18 heavy (non-hydrogen) atoms. The van der Waals surface area contributed by atoms with E-state index >= 15 is 0 Å². The average molecular weight is 251 g/mol. The average Bonchev–Trinajstić information content (AvgIpc) is 2.34. The fourth-order valence-electron chi connectivity index (χ4n) is 1.61. The topological polar surface area (TPSA) is 75.1 Å². The van der Waals surface area contributed by atoms with Gasteiger partial charge in [-0.3, -0.25) is 0 Å². The Morgan fingerprint density at radius 3 is 2.72 bits per heavy atom. The number of carboxylic acids is 1. The van der Waals surface area contributed by atoms with Crippen LogP contribution in [0.3, 0.4) is 0 Å². The highest BCUT2D eigenvalue weighted by atomic mass is 16.4. The second-order valence-electron chi connectivity index (χ2n) is 4.66. The summed E-state index contributed by atoms with van der Waals surface area (Å²) in [6, 6.07) is 1.23. The molecule has 1 rings (SSSR count). The molecule has 5 nitrogen and oxygen atoms in total. The molecule has 0 aliphatic heterocycles. The number of rotatable bonds is 7. The number of aromatic nitrogens is 2. The van der Waals surface area contributed by atoms with E-state index in [4.69, 9.17) is 5.11 Å². The molecule has 0 fully saturated rings. The lowest BCUT2D eigenvalue weighted by atomic mass is 10.1. The van der Waals surface area contributed by atoms with E-state index in [-0.39, 0.29) is 0 Å². The van der Waals surface area contributed by atoms with E-state index in [0.717, 1.165) is 18.5 Å². The van der Waals surface area contributed by atoms with Crippen LogP contribution < -0.4 is 5.32 Å². The summed E-state index contributed by atoms with van der Waals surface area (Å²) in [4.78, 5) is 19.3. The molecule has 5 heteroatoms. The van der Waals surface area contributed by atoms with Crippen molar-refractivity contribution in [3.63, 3.8) is 0 Å². The Balaban J connectivity index is 2.74. The van der Waals surface area contributed by atoms with Gasteiger partial charge in [0.15, 0.2) is 0 Å². The molecule has 0 aromatic carbocycles. The molecule has 1 atom stereocenters. The van der Waals surface area contributed by atoms with Crippen molar-refractivity contribution in [3.8, 4) is 0 Å². The molecule has 1 unspecified atom stereocenters. The summed E-state index contributed by atoms with van der Waals surface area (Å²) in [5, 5.41) is 12.1. The fourth-order valence-corrected chi connectivity index (χ4v) is 1.61. The van der Waals surface area contributed by atoms with E-state index in [0.29, 0.717) is 18.2 Å². The van der Waals surface area contributed by atoms with E-state index < -0.39 is 12.0 Å². The van der Waals surface area contributed by atoms with Crippen molar-refractivity contribution in [1.29, 1.82) is 0 Å². The number of carboxylic acid groups (broad SMARTS) is 1. The number of aliphatic carboxylic acids is 1. The van der Waals surface area contributed by atoms with Crippen molar-refractivity contribution >= 4 is 11.8 Å². The first kappa shape index (κ1) is 14.4. The fraction of sp³-hybridized carbons (Fsp3) is 0.615. The molecule has 1 aromatic heterocycles. The molecule has 0 aliphatic carbocycles. The first-order valence-corrected chi connectivity index (χ1v) is 6.35. The summed E-state index contributed by atoms with van der Waals surface area (Å²) < 4.78 is 0. The number of carbonyl (C=O) groups is 1. The maximum Gasteiger partial charge on any atom is 0.326 e. The molecule has 1 heterocycles. The van der Waals surface area contributed by atoms with Crippen LogP contribution in [0.4, 0.5) is 5.82 Å². The minimum atomic E-state index is -0.840. The van der Waals surface area contributed by atoms with Crippen LogP contribution in [0.5, 0.6) is 0 Å². The van der Waals surface area contributed by atoms with Crippen LogP contribution in [0.2, 0.25) is 0 Å². The van der Waals surface area contributed by atoms with Crippen molar-refractivity contribution in [2.75, 3.05) is 5.32 Å². The summed E-state index contributed by atoms with van der Waals surface area (Å²) >= 11 is 0. The van der Waals surface area contributed by atoms with E-state index in [1.807, 2.05) is 26.8 Å². The van der Waals surface area contributed by atoms with Crippen LogP contribution in [0.15, 0.2) is 12.4 Å². The highest BCUT2D eigenvalue weighted by Gasteiger charge is 2.17. The third-order valence-electron chi connectivity index (χ3n) is 2.75. The summed E-state index contributed by atoms with van der Waals surface area (Å²) in [5.74, 6) is 0.0397. The van der Waals surface area contributed by atoms with Gasteiger partial charge in [-0.05, 0) is 12.3 Å². The van der Waals surface area contributed by atoms with Crippen LogP contribution in [-0.4, -0.2) is 27.1 Å². The van der Waals surface area contributed by atoms with E-state index in [1.54, 1.807) is 0 Å². The molecule has 0 saturated heterocycles. The van der Waals surface area contributed by atoms with Crippen molar-refractivity contribution in [1.82, 2.24) is 9.97 Å². The van der Waals surface area contributed by atoms with Gasteiger partial charge in [-0.25, -0.2) is 14.8 Å². The van der Waals surface area contributed by atoms with Crippen molar-refractivity contribution in [2.24, 2.45) is 0 Å². The van der Waals surface area contributed by atoms with Crippen LogP contribution >= 0.6 is 0 Å². The van der Waals surface area contributed by atoms with Gasteiger partial charge in [-0.1, -0.05) is 33.6 Å². The van der Waals surface area contributed by atoms with Gasteiger partial charge in [0.25, 0.3) is 0 Å². The van der Waals surface area contributed by atoms with Crippen molar-refractivity contribution < 1.29 is 9.90 Å². The monoisotopic (exact) mass is 251 g/mol. The summed E-state index contributed by atoms with van der Waals surface area (Å²) in [7, 11) is 0. The lowest BCUT2D eigenvalue weighted by molar-refractivity contribution is -0.138. The molecule has 0 bridgehead atoms. The highest BCUT2D eigenvalue weighted by molar-refractivity contribution is 5.76. The summed E-state index contributed by atoms with van der Waals surface area (Å²) in [6.07, 6.45) is 3.93. The Bertz CT molecular complexity index is 394. The lowest BCUT2D eigenvalue weighted by Gasteiger charge is -2.15. The van der Waals surface area contributed by atoms with Gasteiger partial charge in [-0.15, -0.1) is 0 Å². The molecule has 0 amide bonds.